The number of hydrogen-bond acceptors (Lipinski definition) is 3. The Morgan fingerprint density at radius 1 is 1.53 bits per heavy atom. The topological polar surface area (TPSA) is 60.1 Å². The van der Waals surface area contributed by atoms with Gasteiger partial charge in [0, 0.05) is 25.4 Å². The first-order valence-electron chi connectivity index (χ1n) is 5.40. The van der Waals surface area contributed by atoms with Gasteiger partial charge in [0.05, 0.1) is 0 Å². The van der Waals surface area contributed by atoms with Crippen LogP contribution in [0.15, 0.2) is 23.1 Å². The maximum absolute atomic E-state index is 11.6. The van der Waals surface area contributed by atoms with E-state index in [9.17, 15) is 4.79 Å². The van der Waals surface area contributed by atoms with Gasteiger partial charge in [-0.05, 0) is 31.0 Å². The Kier molecular flexibility index (Phi) is 3.18. The maximum atomic E-state index is 11.6. The van der Waals surface area contributed by atoms with E-state index in [4.69, 9.17) is 5.73 Å². The molecule has 4 nitrogen and oxygen atoms in total. The van der Waals surface area contributed by atoms with Gasteiger partial charge in [0.25, 0.3) is 5.56 Å². The fraction of sp³-hybridized carbons (Fsp3) is 0.545. The Morgan fingerprint density at radius 2 is 2.40 bits per heavy atom. The highest BCUT2D eigenvalue weighted by molar-refractivity contribution is 5.09. The highest BCUT2D eigenvalue weighted by Gasteiger charge is 2.15. The smallest absolute Gasteiger partial charge is 0.250 e. The summed E-state index contributed by atoms with van der Waals surface area (Å²) in [5, 5.41) is 3.30. The predicted octanol–water partition coefficient (Wildman–Crippen LogP) is -0.0835. The molecule has 3 N–H and O–H groups in total. The standard InChI is InChI=1S/C11H17N3O/c12-5-9-1-2-11(15)14(7-9)8-10-3-4-13-6-10/h1-2,7,10,13H,3-6,8,12H2. The molecule has 1 atom stereocenters. The van der Waals surface area contributed by atoms with Crippen molar-refractivity contribution < 1.29 is 0 Å². The Bertz CT molecular complexity index is 380. The largest absolute Gasteiger partial charge is 0.326 e. The number of nitrogens with two attached hydrogens (primary N) is 1. The fourth-order valence-corrected chi connectivity index (χ4v) is 1.99. The van der Waals surface area contributed by atoms with Gasteiger partial charge < -0.3 is 15.6 Å². The molecule has 1 fully saturated rings. The summed E-state index contributed by atoms with van der Waals surface area (Å²) in [7, 11) is 0. The van der Waals surface area contributed by atoms with Crippen molar-refractivity contribution in [3.63, 3.8) is 0 Å². The molecule has 1 aromatic rings. The van der Waals surface area contributed by atoms with Crippen molar-refractivity contribution in [1.29, 1.82) is 0 Å². The van der Waals surface area contributed by atoms with Crippen molar-refractivity contribution in [2.24, 2.45) is 11.7 Å². The molecule has 2 heterocycles. The van der Waals surface area contributed by atoms with Crippen molar-refractivity contribution in [3.8, 4) is 0 Å². The van der Waals surface area contributed by atoms with Gasteiger partial charge in [-0.1, -0.05) is 6.07 Å². The summed E-state index contributed by atoms with van der Waals surface area (Å²) in [5.74, 6) is 0.579. The monoisotopic (exact) mass is 207 g/mol. The average molecular weight is 207 g/mol. The van der Waals surface area contributed by atoms with Gasteiger partial charge in [0.1, 0.15) is 0 Å². The van der Waals surface area contributed by atoms with Gasteiger partial charge in [-0.2, -0.15) is 0 Å². The van der Waals surface area contributed by atoms with Crippen LogP contribution in [-0.2, 0) is 13.1 Å². The lowest BCUT2D eigenvalue weighted by Gasteiger charge is -2.11. The van der Waals surface area contributed by atoms with Crippen molar-refractivity contribution in [3.05, 3.63) is 34.2 Å². The summed E-state index contributed by atoms with van der Waals surface area (Å²) in [6, 6.07) is 3.40. The molecular formula is C11H17N3O. The Hall–Kier alpha value is -1.13. The zero-order chi connectivity index (χ0) is 10.7. The molecule has 1 saturated heterocycles. The van der Waals surface area contributed by atoms with Gasteiger partial charge in [0.2, 0.25) is 0 Å². The predicted molar refractivity (Wildman–Crippen MR) is 59.6 cm³/mol. The normalized spacial score (nSPS) is 20.7. The van der Waals surface area contributed by atoms with Crippen LogP contribution < -0.4 is 16.6 Å². The molecule has 0 spiro atoms. The summed E-state index contributed by atoms with van der Waals surface area (Å²) in [6.07, 6.45) is 3.03. The quantitative estimate of drug-likeness (QED) is 0.728. The van der Waals surface area contributed by atoms with Crippen LogP contribution in [0, 0.1) is 5.92 Å². The molecule has 1 aromatic heterocycles. The van der Waals surface area contributed by atoms with Crippen LogP contribution in [-0.4, -0.2) is 17.7 Å². The second-order valence-corrected chi connectivity index (χ2v) is 4.09. The van der Waals surface area contributed by atoms with E-state index in [1.807, 2.05) is 6.20 Å². The zero-order valence-electron chi connectivity index (χ0n) is 8.78. The molecular weight excluding hydrogens is 190 g/mol. The first-order chi connectivity index (χ1) is 7.29. The third kappa shape index (κ3) is 2.46. The third-order valence-electron chi connectivity index (χ3n) is 2.90. The van der Waals surface area contributed by atoms with Gasteiger partial charge in [-0.3, -0.25) is 4.79 Å². The lowest BCUT2D eigenvalue weighted by Crippen LogP contribution is -2.24. The molecule has 1 aliphatic heterocycles. The summed E-state index contributed by atoms with van der Waals surface area (Å²) in [4.78, 5) is 11.6. The first kappa shape index (κ1) is 10.4. The second kappa shape index (κ2) is 4.59. The van der Waals surface area contributed by atoms with E-state index in [0.29, 0.717) is 12.5 Å². The summed E-state index contributed by atoms with van der Waals surface area (Å²) >= 11 is 0. The first-order valence-corrected chi connectivity index (χ1v) is 5.40. The van der Waals surface area contributed by atoms with Gasteiger partial charge in [0.15, 0.2) is 0 Å². The summed E-state index contributed by atoms with van der Waals surface area (Å²) < 4.78 is 1.78. The molecule has 0 amide bonds. The minimum atomic E-state index is 0.0686. The third-order valence-corrected chi connectivity index (χ3v) is 2.90. The van der Waals surface area contributed by atoms with Gasteiger partial charge >= 0.3 is 0 Å². The Labute approximate surface area is 89.1 Å². The fourth-order valence-electron chi connectivity index (χ4n) is 1.99. The number of hydrogen-bond donors (Lipinski definition) is 2. The average Bonchev–Trinajstić information content (AvgIpc) is 2.74. The summed E-state index contributed by atoms with van der Waals surface area (Å²) in [5.41, 5.74) is 6.63. The minimum absolute atomic E-state index is 0.0686. The van der Waals surface area contributed by atoms with Crippen molar-refractivity contribution in [2.45, 2.75) is 19.5 Å². The van der Waals surface area contributed by atoms with E-state index >= 15 is 0 Å². The van der Waals surface area contributed by atoms with Crippen LogP contribution in [0.3, 0.4) is 0 Å². The minimum Gasteiger partial charge on any atom is -0.326 e. The van der Waals surface area contributed by atoms with E-state index < -0.39 is 0 Å². The molecule has 0 radical (unpaired) electrons. The highest BCUT2D eigenvalue weighted by Crippen LogP contribution is 2.09. The number of nitrogens with zero attached hydrogens (tertiary/aromatic N) is 1. The number of nitrogens with one attached hydrogen (secondary N) is 1. The van der Waals surface area contributed by atoms with Crippen LogP contribution in [0.2, 0.25) is 0 Å². The van der Waals surface area contributed by atoms with E-state index in [0.717, 1.165) is 31.6 Å². The lowest BCUT2D eigenvalue weighted by molar-refractivity contribution is 0.470. The van der Waals surface area contributed by atoms with Gasteiger partial charge in [-0.15, -0.1) is 0 Å². The SMILES string of the molecule is NCc1ccc(=O)n(CC2CCNC2)c1. The van der Waals surface area contributed by atoms with Crippen LogP contribution in [0.1, 0.15) is 12.0 Å². The van der Waals surface area contributed by atoms with Crippen molar-refractivity contribution >= 4 is 0 Å². The van der Waals surface area contributed by atoms with E-state index in [1.165, 1.54) is 0 Å². The van der Waals surface area contributed by atoms with Crippen LogP contribution in [0.25, 0.3) is 0 Å². The molecule has 4 heteroatoms. The molecule has 15 heavy (non-hydrogen) atoms. The lowest BCUT2D eigenvalue weighted by atomic mass is 10.1. The Balaban J connectivity index is 2.15. The van der Waals surface area contributed by atoms with Gasteiger partial charge in [-0.25, -0.2) is 0 Å². The van der Waals surface area contributed by atoms with E-state index in [1.54, 1.807) is 16.7 Å². The molecule has 2 rings (SSSR count). The van der Waals surface area contributed by atoms with Crippen LogP contribution in [0.5, 0.6) is 0 Å². The Morgan fingerprint density at radius 3 is 3.07 bits per heavy atom. The number of pyridine rings is 1. The molecule has 0 saturated carbocycles. The number of rotatable bonds is 3. The molecule has 0 aromatic carbocycles. The molecule has 1 unspecified atom stereocenters. The van der Waals surface area contributed by atoms with Crippen molar-refractivity contribution in [1.82, 2.24) is 9.88 Å². The van der Waals surface area contributed by atoms with Crippen LogP contribution in [0.4, 0.5) is 0 Å². The van der Waals surface area contributed by atoms with E-state index in [-0.39, 0.29) is 5.56 Å². The van der Waals surface area contributed by atoms with E-state index in [2.05, 4.69) is 5.32 Å². The molecule has 82 valence electrons. The highest BCUT2D eigenvalue weighted by atomic mass is 16.1. The molecule has 0 bridgehead atoms. The number of aromatic nitrogens is 1. The maximum Gasteiger partial charge on any atom is 0.250 e. The van der Waals surface area contributed by atoms with Crippen molar-refractivity contribution in [2.75, 3.05) is 13.1 Å². The molecule has 1 aliphatic rings. The summed E-state index contributed by atoms with van der Waals surface area (Å²) in [6.45, 7) is 3.37. The van der Waals surface area contributed by atoms with Crippen LogP contribution >= 0.6 is 0 Å². The zero-order valence-corrected chi connectivity index (χ0v) is 8.78. The second-order valence-electron chi connectivity index (χ2n) is 4.09. The molecule has 0 aliphatic carbocycles.